The van der Waals surface area contributed by atoms with E-state index in [1.807, 2.05) is 51.1 Å². The molecule has 0 radical (unpaired) electrons. The van der Waals surface area contributed by atoms with E-state index in [0.717, 1.165) is 47.0 Å². The third-order valence-electron chi connectivity index (χ3n) is 4.18. The molecule has 0 saturated carbocycles. The first kappa shape index (κ1) is 19.5. The molecule has 0 aromatic heterocycles. The topological polar surface area (TPSA) is 29.1 Å². The zero-order valence-corrected chi connectivity index (χ0v) is 16.8. The minimum atomic E-state index is 0.00155. The normalized spacial score (nSPS) is 15.4. The summed E-state index contributed by atoms with van der Waals surface area (Å²) in [5.41, 5.74) is 5.34. The molecular weight excluding hydrogens is 374 g/mol. The van der Waals surface area contributed by atoms with Crippen LogP contribution in [-0.4, -0.2) is 5.91 Å². The molecule has 25 heavy (non-hydrogen) atoms. The lowest BCUT2D eigenvalue weighted by Gasteiger charge is -2.15. The lowest BCUT2D eigenvalue weighted by molar-refractivity contribution is -0.112. The van der Waals surface area contributed by atoms with Gasteiger partial charge in [0.1, 0.15) is 0 Å². The Labute approximate surface area is 159 Å². The highest BCUT2D eigenvalue weighted by atomic mass is 79.9. The number of rotatable bonds is 2. The molecule has 0 saturated heterocycles. The first-order chi connectivity index (χ1) is 12.1. The van der Waals surface area contributed by atoms with Gasteiger partial charge in [0.05, 0.1) is 0 Å². The van der Waals surface area contributed by atoms with Gasteiger partial charge >= 0.3 is 0 Å². The SMILES string of the molecule is CC.Cc1ccc(NC(=O)/C2=C/c3cc(Br)ccc3CCCC2)cc1. The molecule has 3 rings (SSSR count). The Balaban J connectivity index is 0.00000109. The van der Waals surface area contributed by atoms with Crippen LogP contribution in [0.25, 0.3) is 6.08 Å². The van der Waals surface area contributed by atoms with E-state index < -0.39 is 0 Å². The highest BCUT2D eigenvalue weighted by Gasteiger charge is 2.14. The van der Waals surface area contributed by atoms with Crippen molar-refractivity contribution >= 4 is 33.6 Å². The van der Waals surface area contributed by atoms with Crippen molar-refractivity contribution in [2.45, 2.75) is 46.5 Å². The molecule has 0 unspecified atom stereocenters. The Hall–Kier alpha value is -1.87. The Morgan fingerprint density at radius 3 is 2.40 bits per heavy atom. The van der Waals surface area contributed by atoms with Crippen molar-refractivity contribution in [1.29, 1.82) is 0 Å². The van der Waals surface area contributed by atoms with E-state index in [9.17, 15) is 4.79 Å². The van der Waals surface area contributed by atoms with E-state index >= 15 is 0 Å². The molecule has 0 aliphatic heterocycles. The van der Waals surface area contributed by atoms with Crippen LogP contribution in [0.3, 0.4) is 0 Å². The Kier molecular flexibility index (Phi) is 7.45. The van der Waals surface area contributed by atoms with Crippen LogP contribution in [0.5, 0.6) is 0 Å². The first-order valence-corrected chi connectivity index (χ1v) is 9.78. The molecule has 1 N–H and O–H groups in total. The molecule has 132 valence electrons. The van der Waals surface area contributed by atoms with Gasteiger partial charge in [-0.1, -0.05) is 53.5 Å². The maximum atomic E-state index is 12.6. The molecular formula is C22H26BrNO. The number of halogens is 1. The molecule has 2 nitrogen and oxygen atoms in total. The van der Waals surface area contributed by atoms with Gasteiger partial charge in [-0.05, 0) is 74.1 Å². The number of aryl methyl sites for hydroxylation is 2. The van der Waals surface area contributed by atoms with Crippen LogP contribution in [0.15, 0.2) is 52.5 Å². The van der Waals surface area contributed by atoms with Crippen LogP contribution >= 0.6 is 15.9 Å². The predicted molar refractivity (Wildman–Crippen MR) is 111 cm³/mol. The number of carbonyl (C=O) groups excluding carboxylic acids is 1. The first-order valence-electron chi connectivity index (χ1n) is 8.99. The monoisotopic (exact) mass is 399 g/mol. The number of anilines is 1. The predicted octanol–water partition coefficient (Wildman–Crippen LogP) is 6.53. The molecule has 3 heteroatoms. The minimum Gasteiger partial charge on any atom is -0.322 e. The van der Waals surface area contributed by atoms with Gasteiger partial charge in [-0.25, -0.2) is 0 Å². The van der Waals surface area contributed by atoms with E-state index in [1.165, 1.54) is 11.1 Å². The van der Waals surface area contributed by atoms with E-state index in [2.05, 4.69) is 39.4 Å². The third kappa shape index (κ3) is 5.57. The second-order valence-electron chi connectivity index (χ2n) is 6.04. The highest BCUT2D eigenvalue weighted by Crippen LogP contribution is 2.26. The van der Waals surface area contributed by atoms with Crippen molar-refractivity contribution < 1.29 is 4.79 Å². The zero-order chi connectivity index (χ0) is 18.2. The van der Waals surface area contributed by atoms with Crippen molar-refractivity contribution in [2.75, 3.05) is 5.32 Å². The Morgan fingerprint density at radius 1 is 1.00 bits per heavy atom. The third-order valence-corrected chi connectivity index (χ3v) is 4.67. The number of benzene rings is 2. The molecule has 0 bridgehead atoms. The molecule has 2 aromatic rings. The summed E-state index contributed by atoms with van der Waals surface area (Å²) in [5, 5.41) is 3.01. The minimum absolute atomic E-state index is 0.00155. The summed E-state index contributed by atoms with van der Waals surface area (Å²) in [5.74, 6) is 0.00155. The average molecular weight is 400 g/mol. The van der Waals surface area contributed by atoms with Crippen LogP contribution in [-0.2, 0) is 11.2 Å². The smallest absolute Gasteiger partial charge is 0.251 e. The summed E-state index contributed by atoms with van der Waals surface area (Å²) < 4.78 is 1.05. The molecule has 1 amide bonds. The fraction of sp³-hybridized carbons (Fsp3) is 0.318. The van der Waals surface area contributed by atoms with Crippen molar-refractivity contribution in [3.05, 3.63) is 69.2 Å². The largest absolute Gasteiger partial charge is 0.322 e. The quantitative estimate of drug-likeness (QED) is 0.610. The van der Waals surface area contributed by atoms with E-state index in [1.54, 1.807) is 0 Å². The van der Waals surface area contributed by atoms with Gasteiger partial charge in [0.15, 0.2) is 0 Å². The van der Waals surface area contributed by atoms with Gasteiger partial charge < -0.3 is 5.32 Å². The lowest BCUT2D eigenvalue weighted by Crippen LogP contribution is -2.15. The van der Waals surface area contributed by atoms with Crippen LogP contribution in [0.2, 0.25) is 0 Å². The van der Waals surface area contributed by atoms with Gasteiger partial charge in [-0.2, -0.15) is 0 Å². The van der Waals surface area contributed by atoms with Gasteiger partial charge in [0.2, 0.25) is 0 Å². The van der Waals surface area contributed by atoms with Crippen LogP contribution < -0.4 is 5.32 Å². The van der Waals surface area contributed by atoms with Crippen LogP contribution in [0, 0.1) is 6.92 Å². The standard InChI is InChI=1S/C20H20BrNO.C2H6/c1-14-6-10-19(11-7-14)22-20(23)16-5-3-2-4-15-8-9-18(21)13-17(15)12-16;1-2/h6-13H,2-5H2,1H3,(H,22,23);1-2H3/b16-12+;. The van der Waals surface area contributed by atoms with Gasteiger partial charge in [-0.3, -0.25) is 4.79 Å². The summed E-state index contributed by atoms with van der Waals surface area (Å²) in [6, 6.07) is 14.2. The second-order valence-corrected chi connectivity index (χ2v) is 6.96. The fourth-order valence-electron chi connectivity index (χ4n) is 2.85. The fourth-order valence-corrected chi connectivity index (χ4v) is 3.22. The maximum absolute atomic E-state index is 12.6. The maximum Gasteiger partial charge on any atom is 0.251 e. The summed E-state index contributed by atoms with van der Waals surface area (Å²) >= 11 is 3.52. The van der Waals surface area contributed by atoms with Crippen LogP contribution in [0.4, 0.5) is 5.69 Å². The number of amides is 1. The van der Waals surface area contributed by atoms with Crippen LogP contribution in [0.1, 0.15) is 49.8 Å². The van der Waals surface area contributed by atoms with Crippen molar-refractivity contribution in [3.8, 4) is 0 Å². The molecule has 0 fully saturated rings. The van der Waals surface area contributed by atoms with Gasteiger partial charge in [-0.15, -0.1) is 0 Å². The number of nitrogens with one attached hydrogen (secondary N) is 1. The Bertz CT molecular complexity index is 747. The van der Waals surface area contributed by atoms with Crippen molar-refractivity contribution in [3.63, 3.8) is 0 Å². The molecule has 1 aliphatic rings. The molecule has 0 atom stereocenters. The zero-order valence-electron chi connectivity index (χ0n) is 15.2. The number of hydrogen-bond acceptors (Lipinski definition) is 1. The lowest BCUT2D eigenvalue weighted by atomic mass is 9.93. The van der Waals surface area contributed by atoms with Crippen molar-refractivity contribution in [2.24, 2.45) is 0 Å². The molecule has 1 aliphatic carbocycles. The number of fused-ring (bicyclic) bond motifs is 1. The number of hydrogen-bond donors (Lipinski definition) is 1. The van der Waals surface area contributed by atoms with E-state index in [0.29, 0.717) is 0 Å². The molecule has 0 spiro atoms. The van der Waals surface area contributed by atoms with E-state index in [4.69, 9.17) is 0 Å². The highest BCUT2D eigenvalue weighted by molar-refractivity contribution is 9.10. The average Bonchev–Trinajstić information content (AvgIpc) is 2.60. The summed E-state index contributed by atoms with van der Waals surface area (Å²) in [6.07, 6.45) is 6.10. The summed E-state index contributed by atoms with van der Waals surface area (Å²) in [4.78, 5) is 12.6. The Morgan fingerprint density at radius 2 is 1.68 bits per heavy atom. The second kappa shape index (κ2) is 9.57. The number of carbonyl (C=O) groups is 1. The molecule has 0 heterocycles. The van der Waals surface area contributed by atoms with Gasteiger partial charge in [0, 0.05) is 15.7 Å². The van der Waals surface area contributed by atoms with Gasteiger partial charge in [0.25, 0.3) is 5.91 Å². The van der Waals surface area contributed by atoms with Crippen molar-refractivity contribution in [1.82, 2.24) is 0 Å². The molecule has 2 aromatic carbocycles. The summed E-state index contributed by atoms with van der Waals surface area (Å²) in [6.45, 7) is 6.04. The summed E-state index contributed by atoms with van der Waals surface area (Å²) in [7, 11) is 0. The van der Waals surface area contributed by atoms with E-state index in [-0.39, 0.29) is 5.91 Å².